The number of rotatable bonds is 5. The number of carbonyl (C=O) groups is 1. The van der Waals surface area contributed by atoms with Gasteiger partial charge in [0.1, 0.15) is 5.82 Å². The molecule has 0 radical (unpaired) electrons. The molecule has 1 amide bonds. The van der Waals surface area contributed by atoms with Crippen LogP contribution >= 0.6 is 11.6 Å². The van der Waals surface area contributed by atoms with Gasteiger partial charge >= 0.3 is 0 Å². The van der Waals surface area contributed by atoms with Crippen molar-refractivity contribution in [3.63, 3.8) is 0 Å². The van der Waals surface area contributed by atoms with Gasteiger partial charge in [0, 0.05) is 22.4 Å². The van der Waals surface area contributed by atoms with Crippen LogP contribution in [0.2, 0.25) is 5.02 Å². The third-order valence-electron chi connectivity index (χ3n) is 4.74. The first-order valence-electron chi connectivity index (χ1n) is 9.52. The summed E-state index contributed by atoms with van der Waals surface area (Å²) >= 11 is 6.06. The third-order valence-corrected chi connectivity index (χ3v) is 4.97. The van der Waals surface area contributed by atoms with E-state index < -0.39 is 17.0 Å². The molecular weight excluding hydrogens is 393 g/mol. The number of halogens is 2. The Morgan fingerprint density at radius 2 is 1.93 bits per heavy atom. The van der Waals surface area contributed by atoms with Crippen LogP contribution in [0.5, 0.6) is 0 Å². The second kappa shape index (κ2) is 8.13. The molecule has 3 rings (SSSR count). The molecule has 0 aliphatic carbocycles. The summed E-state index contributed by atoms with van der Waals surface area (Å²) in [5.41, 5.74) is 4.68. The molecule has 1 atom stereocenters. The average molecular weight is 418 g/mol. The molecule has 7 heteroatoms. The van der Waals surface area contributed by atoms with Crippen LogP contribution < -0.4 is 5.73 Å². The fourth-order valence-corrected chi connectivity index (χ4v) is 3.39. The van der Waals surface area contributed by atoms with E-state index in [-0.39, 0.29) is 17.4 Å². The number of carbonyl (C=O) groups excluding carboxylic acids is 1. The lowest BCUT2D eigenvalue weighted by molar-refractivity contribution is -0.161. The molecule has 29 heavy (non-hydrogen) atoms. The van der Waals surface area contributed by atoms with Crippen molar-refractivity contribution in [2.45, 2.75) is 39.3 Å². The minimum atomic E-state index is -1.21. The van der Waals surface area contributed by atoms with Crippen molar-refractivity contribution in [2.24, 2.45) is 16.3 Å². The molecular formula is C22H25ClFN3O2. The van der Waals surface area contributed by atoms with Gasteiger partial charge in [-0.05, 0) is 31.2 Å². The molecule has 154 valence electrons. The molecule has 2 aromatic rings. The van der Waals surface area contributed by atoms with Crippen LogP contribution in [0.3, 0.4) is 0 Å². The van der Waals surface area contributed by atoms with Crippen LogP contribution in [-0.2, 0) is 15.3 Å². The maximum absolute atomic E-state index is 14.5. The summed E-state index contributed by atoms with van der Waals surface area (Å²) in [6, 6.07) is 13.5. The maximum Gasteiger partial charge on any atom is 0.251 e. The predicted molar refractivity (Wildman–Crippen MR) is 112 cm³/mol. The summed E-state index contributed by atoms with van der Waals surface area (Å²) < 4.78 is 20.8. The zero-order valence-electron chi connectivity index (χ0n) is 16.8. The zero-order chi connectivity index (χ0) is 21.2. The number of hydrazone groups is 1. The molecule has 5 nitrogen and oxygen atoms in total. The Bertz CT molecular complexity index is 927. The normalized spacial score (nSPS) is 19.1. The van der Waals surface area contributed by atoms with Gasteiger partial charge in [0.25, 0.3) is 5.91 Å². The summed E-state index contributed by atoms with van der Waals surface area (Å²) in [5.74, 6) is -0.752. The highest BCUT2D eigenvalue weighted by molar-refractivity contribution is 6.31. The number of hydrogen-bond acceptors (Lipinski definition) is 4. The SMILES string of the molecule is CC(C)(C)C(=O)N1N=C(c2cc(Cl)ccc2F)OC1(CCCN)c1ccccc1. The fraction of sp³-hybridized carbons (Fsp3) is 0.364. The van der Waals surface area contributed by atoms with Crippen molar-refractivity contribution in [1.82, 2.24) is 5.01 Å². The van der Waals surface area contributed by atoms with Gasteiger partial charge in [0.2, 0.25) is 11.6 Å². The van der Waals surface area contributed by atoms with Gasteiger partial charge in [0.15, 0.2) is 0 Å². The third kappa shape index (κ3) is 4.14. The van der Waals surface area contributed by atoms with Gasteiger partial charge in [-0.3, -0.25) is 4.79 Å². The number of hydrogen-bond donors (Lipinski definition) is 1. The van der Waals surface area contributed by atoms with Crippen molar-refractivity contribution in [3.8, 4) is 0 Å². The molecule has 0 spiro atoms. The molecule has 0 bridgehead atoms. The molecule has 1 unspecified atom stereocenters. The molecule has 0 fully saturated rings. The standard InChI is InChI=1S/C22H25ClFN3O2/c1-21(2,3)20(28)27-22(12-7-13-25,15-8-5-4-6-9-15)29-19(26-27)17-14-16(23)10-11-18(17)24/h4-6,8-11,14H,7,12-13,25H2,1-3H3. The van der Waals surface area contributed by atoms with E-state index in [0.717, 1.165) is 5.56 Å². The fourth-order valence-electron chi connectivity index (χ4n) is 3.22. The van der Waals surface area contributed by atoms with Crippen LogP contribution in [0.15, 0.2) is 53.6 Å². The van der Waals surface area contributed by atoms with Gasteiger partial charge in [-0.25, -0.2) is 4.39 Å². The molecule has 1 heterocycles. The summed E-state index contributed by atoms with van der Waals surface area (Å²) in [6.45, 7) is 5.83. The van der Waals surface area contributed by atoms with Crippen LogP contribution in [0.1, 0.15) is 44.7 Å². The molecule has 2 N–H and O–H groups in total. The quantitative estimate of drug-likeness (QED) is 0.770. The monoisotopic (exact) mass is 417 g/mol. The van der Waals surface area contributed by atoms with Gasteiger partial charge in [0.05, 0.1) is 5.56 Å². The first kappa shape index (κ1) is 21.3. The average Bonchev–Trinajstić information content (AvgIpc) is 3.08. The first-order chi connectivity index (χ1) is 13.7. The van der Waals surface area contributed by atoms with E-state index in [0.29, 0.717) is 24.4 Å². The second-order valence-corrected chi connectivity index (χ2v) is 8.48. The smallest absolute Gasteiger partial charge is 0.251 e. The van der Waals surface area contributed by atoms with Crippen LogP contribution in [0.4, 0.5) is 4.39 Å². The Kier molecular flexibility index (Phi) is 5.96. The van der Waals surface area contributed by atoms with Crippen molar-refractivity contribution < 1.29 is 13.9 Å². The van der Waals surface area contributed by atoms with E-state index in [1.165, 1.54) is 23.2 Å². The Hall–Kier alpha value is -2.44. The van der Waals surface area contributed by atoms with Crippen molar-refractivity contribution >= 4 is 23.4 Å². The van der Waals surface area contributed by atoms with E-state index in [9.17, 15) is 9.18 Å². The maximum atomic E-state index is 14.5. The van der Waals surface area contributed by atoms with Gasteiger partial charge in [-0.2, -0.15) is 5.01 Å². The van der Waals surface area contributed by atoms with E-state index in [4.69, 9.17) is 22.1 Å². The topological polar surface area (TPSA) is 67.9 Å². The van der Waals surface area contributed by atoms with Gasteiger partial charge in [-0.15, -0.1) is 5.10 Å². The Balaban J connectivity index is 2.18. The lowest BCUT2D eigenvalue weighted by atomic mass is 9.91. The summed E-state index contributed by atoms with van der Waals surface area (Å²) in [5, 5.41) is 6.14. The number of amides is 1. The van der Waals surface area contributed by atoms with Crippen LogP contribution in [0, 0.1) is 11.2 Å². The highest BCUT2D eigenvalue weighted by Gasteiger charge is 2.51. The lowest BCUT2D eigenvalue weighted by Gasteiger charge is -2.38. The molecule has 0 saturated heterocycles. The van der Waals surface area contributed by atoms with Crippen LogP contribution in [-0.4, -0.2) is 23.4 Å². The minimum Gasteiger partial charge on any atom is -0.443 e. The van der Waals surface area contributed by atoms with E-state index >= 15 is 0 Å². The summed E-state index contributed by atoms with van der Waals surface area (Å²) in [7, 11) is 0. The molecule has 0 aromatic heterocycles. The number of benzene rings is 2. The number of ether oxygens (including phenoxy) is 1. The van der Waals surface area contributed by atoms with Gasteiger partial charge < -0.3 is 10.5 Å². The lowest BCUT2D eigenvalue weighted by Crippen LogP contribution is -2.49. The number of nitrogens with two attached hydrogens (primary N) is 1. The molecule has 0 saturated carbocycles. The predicted octanol–water partition coefficient (Wildman–Crippen LogP) is 4.64. The van der Waals surface area contributed by atoms with E-state index in [1.54, 1.807) is 0 Å². The summed E-state index contributed by atoms with van der Waals surface area (Å²) in [4.78, 5) is 13.3. The largest absolute Gasteiger partial charge is 0.443 e. The minimum absolute atomic E-state index is 0.0171. The second-order valence-electron chi connectivity index (χ2n) is 8.04. The highest BCUT2D eigenvalue weighted by Crippen LogP contribution is 2.43. The van der Waals surface area contributed by atoms with E-state index in [1.807, 2.05) is 51.1 Å². The van der Waals surface area contributed by atoms with Crippen molar-refractivity contribution in [3.05, 3.63) is 70.5 Å². The highest BCUT2D eigenvalue weighted by atomic mass is 35.5. The first-order valence-corrected chi connectivity index (χ1v) is 9.90. The summed E-state index contributed by atoms with van der Waals surface area (Å²) in [6.07, 6.45) is 0.994. The van der Waals surface area contributed by atoms with Crippen molar-refractivity contribution in [2.75, 3.05) is 6.54 Å². The van der Waals surface area contributed by atoms with Crippen molar-refractivity contribution in [1.29, 1.82) is 0 Å². The van der Waals surface area contributed by atoms with E-state index in [2.05, 4.69) is 5.10 Å². The molecule has 1 aliphatic heterocycles. The zero-order valence-corrected chi connectivity index (χ0v) is 17.5. The number of nitrogens with zero attached hydrogens (tertiary/aromatic N) is 2. The molecule has 2 aromatic carbocycles. The van der Waals surface area contributed by atoms with Crippen LogP contribution in [0.25, 0.3) is 0 Å². The Labute approximate surface area is 175 Å². The Morgan fingerprint density at radius 3 is 2.55 bits per heavy atom. The Morgan fingerprint density at radius 1 is 1.24 bits per heavy atom. The molecule has 1 aliphatic rings. The van der Waals surface area contributed by atoms with Gasteiger partial charge in [-0.1, -0.05) is 62.7 Å².